The number of nitrogens with one attached hydrogen (secondary N) is 2. The van der Waals surface area contributed by atoms with Gasteiger partial charge in [0.25, 0.3) is 11.6 Å². The van der Waals surface area contributed by atoms with Gasteiger partial charge in [-0.25, -0.2) is 4.98 Å². The van der Waals surface area contributed by atoms with Crippen molar-refractivity contribution in [2.45, 2.75) is 133 Å². The number of aliphatic hydroxyl groups is 4. The molecule has 0 saturated heterocycles. The van der Waals surface area contributed by atoms with Crippen LogP contribution >= 0.6 is 21.6 Å². The predicted molar refractivity (Wildman–Crippen MR) is 268 cm³/mol. The number of carboxylic acids is 1. The lowest BCUT2D eigenvalue weighted by molar-refractivity contribution is -0.385. The minimum Gasteiger partial charge on any atom is -0.481 e. The van der Waals surface area contributed by atoms with Gasteiger partial charge < -0.3 is 74.1 Å². The lowest BCUT2D eigenvalue weighted by atomic mass is 10.1. The number of nitro groups is 1. The molecule has 0 aliphatic carbocycles. The van der Waals surface area contributed by atoms with Crippen LogP contribution in [0.4, 0.5) is 5.69 Å². The van der Waals surface area contributed by atoms with Gasteiger partial charge in [0.05, 0.1) is 49.7 Å². The summed E-state index contributed by atoms with van der Waals surface area (Å²) in [5.41, 5.74) is 1.44. The number of carbonyl (C=O) groups excluding carboxylic acids is 4. The van der Waals surface area contributed by atoms with E-state index in [1.165, 1.54) is 44.4 Å². The van der Waals surface area contributed by atoms with E-state index in [2.05, 4.69) is 15.6 Å². The van der Waals surface area contributed by atoms with Crippen molar-refractivity contribution in [3.05, 3.63) is 63.8 Å². The number of amides is 2. The molecule has 2 rings (SSSR count). The van der Waals surface area contributed by atoms with Crippen molar-refractivity contribution in [1.82, 2.24) is 15.6 Å². The van der Waals surface area contributed by atoms with Crippen molar-refractivity contribution in [1.29, 1.82) is 0 Å². The third-order valence-corrected chi connectivity index (χ3v) is 12.6. The second kappa shape index (κ2) is 42.7. The summed E-state index contributed by atoms with van der Waals surface area (Å²) in [7, 11) is 7.23. The summed E-state index contributed by atoms with van der Waals surface area (Å²) in [4.78, 5) is 72.4. The maximum atomic E-state index is 12.5. The van der Waals surface area contributed by atoms with Crippen LogP contribution < -0.4 is 10.6 Å². The Morgan fingerprint density at radius 3 is 1.56 bits per heavy atom. The molecule has 73 heavy (non-hydrogen) atoms. The molecule has 0 aliphatic rings. The van der Waals surface area contributed by atoms with E-state index in [1.807, 2.05) is 39.8 Å². The monoisotopic (exact) mass is 1080 g/mol. The van der Waals surface area contributed by atoms with Crippen LogP contribution in [0.25, 0.3) is 0 Å². The highest BCUT2D eigenvalue weighted by Gasteiger charge is 2.19. The molecule has 26 heteroatoms. The van der Waals surface area contributed by atoms with Crippen molar-refractivity contribution in [2.24, 2.45) is 0 Å². The number of aliphatic hydroxyl groups excluding tert-OH is 4. The Morgan fingerprint density at radius 2 is 1.15 bits per heavy atom. The summed E-state index contributed by atoms with van der Waals surface area (Å²) >= 11 is 0. The molecule has 0 aliphatic heterocycles. The Morgan fingerprint density at radius 1 is 0.671 bits per heavy atom. The number of methoxy groups -OCH3 is 3. The molecule has 0 fully saturated rings. The van der Waals surface area contributed by atoms with Gasteiger partial charge in [0, 0.05) is 77.0 Å². The predicted octanol–water partition coefficient (Wildman–Crippen LogP) is 4.09. The fourth-order valence-electron chi connectivity index (χ4n) is 5.41. The quantitative estimate of drug-likeness (QED) is 0.0125. The van der Waals surface area contributed by atoms with Gasteiger partial charge in [-0.1, -0.05) is 43.7 Å². The number of rotatable bonds is 37. The molecule has 416 valence electrons. The molecule has 0 saturated carbocycles. The Bertz CT molecular complexity index is 1790. The zero-order chi connectivity index (χ0) is 55.0. The number of esters is 2. The molecule has 1 aromatic heterocycles. The summed E-state index contributed by atoms with van der Waals surface area (Å²) in [6, 6.07) is 10.2. The van der Waals surface area contributed by atoms with E-state index in [0.29, 0.717) is 36.3 Å². The molecule has 7 unspecified atom stereocenters. The van der Waals surface area contributed by atoms with E-state index in [9.17, 15) is 34.1 Å². The molecular weight excluding hydrogens is 1000 g/mol. The molecule has 1 heterocycles. The first-order valence-corrected chi connectivity index (χ1v) is 25.8. The minimum absolute atomic E-state index is 0.0306. The third kappa shape index (κ3) is 33.1. The van der Waals surface area contributed by atoms with E-state index in [4.69, 9.17) is 63.4 Å². The van der Waals surface area contributed by atoms with Crippen LogP contribution in [-0.4, -0.2) is 176 Å². The van der Waals surface area contributed by atoms with Crippen LogP contribution in [0.3, 0.4) is 0 Å². The van der Waals surface area contributed by atoms with Gasteiger partial charge in [0.15, 0.2) is 18.9 Å². The molecular formula is C47H76N4O20S2. The van der Waals surface area contributed by atoms with Gasteiger partial charge in [-0.15, -0.1) is 0 Å². The molecule has 7 atom stereocenters. The Labute approximate surface area is 434 Å². The molecule has 1 aromatic carbocycles. The molecule has 7 N–H and O–H groups in total. The Hall–Kier alpha value is -4.58. The lowest BCUT2D eigenvalue weighted by Crippen LogP contribution is -2.34. The summed E-state index contributed by atoms with van der Waals surface area (Å²) < 4.78 is 40.7. The first-order valence-electron chi connectivity index (χ1n) is 23.6. The number of pyridine rings is 1. The molecule has 0 bridgehead atoms. The van der Waals surface area contributed by atoms with Crippen molar-refractivity contribution in [3.63, 3.8) is 0 Å². The maximum Gasteiger partial charge on any atom is 0.305 e. The highest BCUT2D eigenvalue weighted by Crippen LogP contribution is 2.41. The smallest absolute Gasteiger partial charge is 0.305 e. The van der Waals surface area contributed by atoms with Crippen molar-refractivity contribution in [2.75, 3.05) is 74.1 Å². The summed E-state index contributed by atoms with van der Waals surface area (Å²) in [6.07, 6.45) is 0.755. The Kier molecular flexibility index (Phi) is 40.1. The van der Waals surface area contributed by atoms with Gasteiger partial charge in [-0.2, -0.15) is 0 Å². The van der Waals surface area contributed by atoms with Crippen LogP contribution in [-0.2, 0) is 57.1 Å². The van der Waals surface area contributed by atoms with E-state index >= 15 is 0 Å². The number of aromatic nitrogens is 1. The van der Waals surface area contributed by atoms with Crippen molar-refractivity contribution >= 4 is 57.0 Å². The number of nitrogens with zero attached hydrogens (tertiary/aromatic N) is 2. The van der Waals surface area contributed by atoms with Crippen molar-refractivity contribution in [3.8, 4) is 0 Å². The topological polar surface area (TPSA) is 340 Å². The number of ether oxygens (including phenoxy) is 8. The van der Waals surface area contributed by atoms with E-state index in [1.54, 1.807) is 29.0 Å². The largest absolute Gasteiger partial charge is 0.481 e. The molecule has 0 spiro atoms. The fourth-order valence-corrected chi connectivity index (χ4v) is 7.50. The van der Waals surface area contributed by atoms with E-state index in [-0.39, 0.29) is 120 Å². The number of carboxylic acid groups (broad SMARTS) is 1. The first kappa shape index (κ1) is 68.4. The summed E-state index contributed by atoms with van der Waals surface area (Å²) in [5.74, 6) is -2.34. The number of hydrogen-bond acceptors (Lipinski definition) is 22. The second-order valence-corrected chi connectivity index (χ2v) is 17.9. The van der Waals surface area contributed by atoms with Crippen LogP contribution in [0.15, 0.2) is 47.6 Å². The summed E-state index contributed by atoms with van der Waals surface area (Å²) in [6.45, 7) is 7.38. The van der Waals surface area contributed by atoms with Gasteiger partial charge in [-0.05, 0) is 73.6 Å². The van der Waals surface area contributed by atoms with E-state index in [0.717, 1.165) is 5.56 Å². The first-order chi connectivity index (χ1) is 35.0. The molecule has 2 aromatic rings. The van der Waals surface area contributed by atoms with E-state index < -0.39 is 47.8 Å². The van der Waals surface area contributed by atoms with Crippen LogP contribution in [0.2, 0.25) is 0 Å². The van der Waals surface area contributed by atoms with Crippen LogP contribution in [0.1, 0.15) is 107 Å². The Balaban J connectivity index is 0.00000141. The van der Waals surface area contributed by atoms with Gasteiger partial charge in [-0.3, -0.25) is 34.1 Å². The lowest BCUT2D eigenvalue weighted by Gasteiger charge is -2.21. The van der Waals surface area contributed by atoms with Crippen LogP contribution in [0.5, 0.6) is 0 Å². The highest BCUT2D eigenvalue weighted by atomic mass is 33.1. The number of hydrogen-bond donors (Lipinski definition) is 7. The average Bonchev–Trinajstić information content (AvgIpc) is 3.40. The van der Waals surface area contributed by atoms with Gasteiger partial charge in [0.2, 0.25) is 5.91 Å². The maximum absolute atomic E-state index is 12.5. The number of carbonyl (C=O) groups is 5. The second-order valence-electron chi connectivity index (χ2n) is 15.4. The standard InChI is InChI=1S/C28H38N4O9S2.C12H22O7.C7H16O4/c1-4-23(41-27(17-33)39-3)18-40-26(35)7-5-6-24(34)29-14-15-30-28(36)21-10-8-20(9-11-21)19(2)42-43-25-13-12-22(16-31-25)32(37)38;1-3-9(19-12(7-13)17-2)8-18-11(16)6-4-5-10(14)15;1-3-6(4-8)11-7(5-9)10-2/h8-13,16,19,23,27,33H,4-7,14-15,17-18H2,1-3H3,(H,29,34)(H,30,36);9,12-13H,3-8H2,1-2H3,(H,14,15);6-9H,3-5H2,1-2H3. The minimum atomic E-state index is -0.937. The molecule has 24 nitrogen and oxygen atoms in total. The van der Waals surface area contributed by atoms with Gasteiger partial charge in [0.1, 0.15) is 24.4 Å². The molecule has 0 radical (unpaired) electrons. The zero-order valence-electron chi connectivity index (χ0n) is 42.7. The summed E-state index contributed by atoms with van der Waals surface area (Å²) in [5, 5.41) is 60.8. The van der Waals surface area contributed by atoms with Gasteiger partial charge >= 0.3 is 17.9 Å². The molecule has 2 amide bonds. The SMILES string of the molecule is CCC(CO)OC(CO)OC.CCC(COC(=O)CCCC(=O)NCCNC(=O)c1ccc(C(C)SSc2ccc([N+](=O)[O-])cn2)cc1)OC(CO)OC.CCC(COC(=O)CCCC(=O)O)OC(CO)OC. The van der Waals surface area contributed by atoms with Crippen molar-refractivity contribution < 1.29 is 92.3 Å². The third-order valence-electron chi connectivity index (χ3n) is 9.84. The fraction of sp³-hybridized carbons (Fsp3) is 0.660. The van der Waals surface area contributed by atoms with Crippen LogP contribution in [0, 0.1) is 10.1 Å². The normalized spacial score (nSPS) is 13.7. The number of benzene rings is 1. The zero-order valence-corrected chi connectivity index (χ0v) is 44.3. The highest BCUT2D eigenvalue weighted by molar-refractivity contribution is 8.76. The number of aliphatic carboxylic acids is 1. The average molecular weight is 1080 g/mol.